The highest BCUT2D eigenvalue weighted by Crippen LogP contribution is 2.61. The first-order valence-corrected chi connectivity index (χ1v) is 9.17. The molecule has 4 aliphatic rings. The van der Waals surface area contributed by atoms with Crippen LogP contribution in [0.3, 0.4) is 0 Å². The van der Waals surface area contributed by atoms with E-state index in [0.29, 0.717) is 5.41 Å². The molecule has 3 nitrogen and oxygen atoms in total. The number of anilines is 1. The van der Waals surface area contributed by atoms with Gasteiger partial charge in [-0.25, -0.2) is 4.79 Å². The molecule has 4 saturated carbocycles. The minimum Gasteiger partial charge on any atom is -0.335 e. The van der Waals surface area contributed by atoms with Crippen molar-refractivity contribution < 1.29 is 4.79 Å². The summed E-state index contributed by atoms with van der Waals surface area (Å²) in [6, 6.07) is 8.16. The van der Waals surface area contributed by atoms with Gasteiger partial charge >= 0.3 is 6.03 Å². The Morgan fingerprint density at radius 1 is 1.09 bits per heavy atom. The first-order chi connectivity index (χ1) is 11.0. The summed E-state index contributed by atoms with van der Waals surface area (Å²) >= 11 is 0. The van der Waals surface area contributed by atoms with Crippen LogP contribution in [0.5, 0.6) is 0 Å². The number of rotatable bonds is 3. The minimum absolute atomic E-state index is 0.0532. The molecule has 1 aromatic carbocycles. The van der Waals surface area contributed by atoms with E-state index >= 15 is 0 Å². The Morgan fingerprint density at radius 2 is 1.65 bits per heavy atom. The predicted molar refractivity (Wildman–Crippen MR) is 93.4 cm³/mol. The molecule has 1 aromatic rings. The van der Waals surface area contributed by atoms with Crippen molar-refractivity contribution in [3.63, 3.8) is 0 Å². The van der Waals surface area contributed by atoms with E-state index in [1.807, 2.05) is 31.2 Å². The Hall–Kier alpha value is -1.51. The summed E-state index contributed by atoms with van der Waals surface area (Å²) in [5, 5.41) is 6.29. The van der Waals surface area contributed by atoms with Crippen molar-refractivity contribution in [3.8, 4) is 0 Å². The zero-order chi connectivity index (χ0) is 16.0. The molecule has 4 bridgehead atoms. The molecule has 4 fully saturated rings. The number of aryl methyl sites for hydroxylation is 1. The quantitative estimate of drug-likeness (QED) is 0.833. The number of benzene rings is 1. The van der Waals surface area contributed by atoms with E-state index in [2.05, 4.69) is 17.6 Å². The fourth-order valence-electron chi connectivity index (χ4n) is 5.93. The van der Waals surface area contributed by atoms with E-state index in [-0.39, 0.29) is 12.1 Å². The number of hydrogen-bond donors (Lipinski definition) is 2. The van der Waals surface area contributed by atoms with Gasteiger partial charge < -0.3 is 10.6 Å². The summed E-state index contributed by atoms with van der Waals surface area (Å²) in [5.74, 6) is 2.76. The summed E-state index contributed by atoms with van der Waals surface area (Å²) in [4.78, 5) is 12.4. The molecule has 1 atom stereocenters. The fraction of sp³-hybridized carbons (Fsp3) is 0.650. The fourth-order valence-corrected chi connectivity index (χ4v) is 5.93. The second-order valence-corrected chi connectivity index (χ2v) is 8.41. The lowest BCUT2D eigenvalue weighted by atomic mass is 9.48. The number of para-hydroxylation sites is 1. The first kappa shape index (κ1) is 15.0. The molecular weight excluding hydrogens is 284 g/mol. The zero-order valence-corrected chi connectivity index (χ0v) is 14.3. The van der Waals surface area contributed by atoms with Crippen molar-refractivity contribution >= 4 is 11.7 Å². The van der Waals surface area contributed by atoms with Crippen molar-refractivity contribution in [2.45, 2.75) is 58.4 Å². The van der Waals surface area contributed by atoms with Crippen molar-refractivity contribution in [2.75, 3.05) is 5.32 Å². The van der Waals surface area contributed by atoms with Crippen molar-refractivity contribution in [2.24, 2.45) is 23.2 Å². The van der Waals surface area contributed by atoms with E-state index in [9.17, 15) is 4.79 Å². The highest BCUT2D eigenvalue weighted by Gasteiger charge is 2.53. The van der Waals surface area contributed by atoms with Crippen LogP contribution in [-0.4, -0.2) is 12.1 Å². The topological polar surface area (TPSA) is 41.1 Å². The first-order valence-electron chi connectivity index (χ1n) is 9.17. The third-order valence-electron chi connectivity index (χ3n) is 6.75. The Labute approximate surface area is 139 Å². The Kier molecular flexibility index (Phi) is 3.62. The van der Waals surface area contributed by atoms with Crippen LogP contribution in [0.2, 0.25) is 0 Å². The second-order valence-electron chi connectivity index (χ2n) is 8.41. The molecule has 0 aromatic heterocycles. The lowest BCUT2D eigenvalue weighted by molar-refractivity contribution is -0.0679. The van der Waals surface area contributed by atoms with Gasteiger partial charge in [-0.1, -0.05) is 18.2 Å². The molecule has 2 N–H and O–H groups in total. The zero-order valence-electron chi connectivity index (χ0n) is 14.3. The maximum absolute atomic E-state index is 12.4. The Bertz CT molecular complexity index is 574. The van der Waals surface area contributed by atoms with Gasteiger partial charge in [-0.05, 0) is 87.2 Å². The molecule has 5 rings (SSSR count). The predicted octanol–water partition coefficient (Wildman–Crippen LogP) is 4.72. The standard InChI is InChI=1S/C20H28N2O/c1-13-5-3-4-6-18(13)22-19(23)21-14(2)20-10-15-7-16(11-20)9-17(8-15)12-20/h3-6,14-17H,7-12H2,1-2H3,(H2,21,22,23). The van der Waals surface area contributed by atoms with E-state index < -0.39 is 0 Å². The van der Waals surface area contributed by atoms with Gasteiger partial charge in [-0.15, -0.1) is 0 Å². The normalized spacial score (nSPS) is 35.8. The minimum atomic E-state index is -0.0532. The second kappa shape index (κ2) is 5.54. The number of amides is 2. The summed E-state index contributed by atoms with van der Waals surface area (Å²) in [6.07, 6.45) is 8.31. The van der Waals surface area contributed by atoms with Crippen molar-refractivity contribution in [1.29, 1.82) is 0 Å². The van der Waals surface area contributed by atoms with Gasteiger partial charge in [-0.2, -0.15) is 0 Å². The molecule has 0 spiro atoms. The molecule has 0 heterocycles. The van der Waals surface area contributed by atoms with Crippen molar-refractivity contribution in [1.82, 2.24) is 5.32 Å². The largest absolute Gasteiger partial charge is 0.335 e. The van der Waals surface area contributed by atoms with Gasteiger partial charge in [0.15, 0.2) is 0 Å². The molecule has 124 valence electrons. The summed E-state index contributed by atoms with van der Waals surface area (Å²) in [5.41, 5.74) is 2.37. The number of carbonyl (C=O) groups is 1. The van der Waals surface area contributed by atoms with Crippen LogP contribution in [-0.2, 0) is 0 Å². The van der Waals surface area contributed by atoms with E-state index in [4.69, 9.17) is 0 Å². The number of carbonyl (C=O) groups excluding carboxylic acids is 1. The summed E-state index contributed by atoms with van der Waals surface area (Å²) < 4.78 is 0. The highest BCUT2D eigenvalue weighted by molar-refractivity contribution is 5.90. The molecule has 1 unspecified atom stereocenters. The number of hydrogen-bond acceptors (Lipinski definition) is 1. The molecule has 4 aliphatic carbocycles. The summed E-state index contributed by atoms with van der Waals surface area (Å²) in [7, 11) is 0. The van der Waals surface area contributed by atoms with Gasteiger partial charge in [-0.3, -0.25) is 0 Å². The average molecular weight is 312 g/mol. The van der Waals surface area contributed by atoms with Crippen molar-refractivity contribution in [3.05, 3.63) is 29.8 Å². The SMILES string of the molecule is Cc1ccccc1NC(=O)NC(C)C12CC3CC(CC(C3)C1)C2. The highest BCUT2D eigenvalue weighted by atomic mass is 16.2. The van der Waals surface area contributed by atoms with Crippen LogP contribution in [0.15, 0.2) is 24.3 Å². The van der Waals surface area contributed by atoms with Crippen LogP contribution >= 0.6 is 0 Å². The van der Waals surface area contributed by atoms with Gasteiger partial charge in [0.25, 0.3) is 0 Å². The molecule has 23 heavy (non-hydrogen) atoms. The third kappa shape index (κ3) is 2.75. The van der Waals surface area contributed by atoms with E-state index in [1.54, 1.807) is 0 Å². The maximum atomic E-state index is 12.4. The molecule has 0 radical (unpaired) electrons. The third-order valence-corrected chi connectivity index (χ3v) is 6.75. The number of nitrogens with one attached hydrogen (secondary N) is 2. The number of urea groups is 1. The monoisotopic (exact) mass is 312 g/mol. The lowest BCUT2D eigenvalue weighted by Gasteiger charge is -2.59. The van der Waals surface area contributed by atoms with Crippen LogP contribution in [0.4, 0.5) is 10.5 Å². The van der Waals surface area contributed by atoms with Crippen LogP contribution in [0, 0.1) is 30.1 Å². The molecule has 0 saturated heterocycles. The lowest BCUT2D eigenvalue weighted by Crippen LogP contribution is -2.56. The Balaban J connectivity index is 1.43. The molecular formula is C20H28N2O. The molecule has 3 heteroatoms. The van der Waals surface area contributed by atoms with Crippen LogP contribution in [0.1, 0.15) is 51.0 Å². The van der Waals surface area contributed by atoms with Gasteiger partial charge in [0.05, 0.1) is 0 Å². The van der Waals surface area contributed by atoms with Gasteiger partial charge in [0.1, 0.15) is 0 Å². The molecule has 0 aliphatic heterocycles. The molecule has 2 amide bonds. The van der Waals surface area contributed by atoms with E-state index in [1.165, 1.54) is 38.5 Å². The van der Waals surface area contributed by atoms with Crippen LogP contribution < -0.4 is 10.6 Å². The van der Waals surface area contributed by atoms with E-state index in [0.717, 1.165) is 29.0 Å². The smallest absolute Gasteiger partial charge is 0.319 e. The average Bonchev–Trinajstić information content (AvgIpc) is 2.48. The van der Waals surface area contributed by atoms with Gasteiger partial charge in [0.2, 0.25) is 0 Å². The maximum Gasteiger partial charge on any atom is 0.319 e. The van der Waals surface area contributed by atoms with Gasteiger partial charge in [0, 0.05) is 11.7 Å². The Morgan fingerprint density at radius 3 is 2.22 bits per heavy atom. The summed E-state index contributed by atoms with van der Waals surface area (Å²) in [6.45, 7) is 4.25. The van der Waals surface area contributed by atoms with Crippen LogP contribution in [0.25, 0.3) is 0 Å².